The van der Waals surface area contributed by atoms with E-state index in [1.165, 1.54) is 12.1 Å². The molecule has 0 atom stereocenters. The van der Waals surface area contributed by atoms with Gasteiger partial charge in [0.2, 0.25) is 0 Å². The summed E-state index contributed by atoms with van der Waals surface area (Å²) in [4.78, 5) is 20.9. The van der Waals surface area contributed by atoms with Gasteiger partial charge in [-0.15, -0.1) is 0 Å². The quantitative estimate of drug-likeness (QED) is 0.654. The molecule has 0 saturated heterocycles. The van der Waals surface area contributed by atoms with Crippen LogP contribution in [0.4, 0.5) is 15.9 Å². The van der Waals surface area contributed by atoms with Crippen LogP contribution < -0.4 is 15.4 Å². The molecule has 0 aliphatic heterocycles. The highest BCUT2D eigenvalue weighted by Crippen LogP contribution is 2.16. The maximum Gasteiger partial charge on any atom is 0.270 e. The van der Waals surface area contributed by atoms with Gasteiger partial charge in [-0.05, 0) is 55.3 Å². The van der Waals surface area contributed by atoms with Crippen LogP contribution >= 0.6 is 0 Å². The molecule has 2 aromatic carbocycles. The summed E-state index contributed by atoms with van der Waals surface area (Å²) < 4.78 is 18.2. The molecule has 0 spiro atoms. The Morgan fingerprint density at radius 3 is 2.46 bits per heavy atom. The average molecular weight is 380 g/mol. The highest BCUT2D eigenvalue weighted by atomic mass is 19.1. The number of methoxy groups -OCH3 is 1. The molecule has 7 heteroatoms. The molecule has 0 aliphatic rings. The fourth-order valence-electron chi connectivity index (χ4n) is 2.63. The van der Waals surface area contributed by atoms with Crippen molar-refractivity contribution < 1.29 is 13.9 Å². The van der Waals surface area contributed by atoms with Gasteiger partial charge < -0.3 is 15.4 Å². The molecule has 3 rings (SSSR count). The van der Waals surface area contributed by atoms with E-state index in [0.29, 0.717) is 30.3 Å². The van der Waals surface area contributed by atoms with Gasteiger partial charge in [0.05, 0.1) is 7.11 Å². The van der Waals surface area contributed by atoms with E-state index in [1.54, 1.807) is 32.2 Å². The Balaban J connectivity index is 1.60. The Morgan fingerprint density at radius 1 is 1.07 bits per heavy atom. The molecule has 1 heterocycles. The van der Waals surface area contributed by atoms with Gasteiger partial charge in [0.1, 0.15) is 28.9 Å². The van der Waals surface area contributed by atoms with Crippen LogP contribution in [0.5, 0.6) is 5.75 Å². The predicted octanol–water partition coefficient (Wildman–Crippen LogP) is 3.65. The van der Waals surface area contributed by atoms with Crippen LogP contribution in [0.1, 0.15) is 21.9 Å². The summed E-state index contributed by atoms with van der Waals surface area (Å²) in [5.74, 6) is 1.14. The Hall–Kier alpha value is -3.48. The number of carbonyl (C=O) groups excluding carboxylic acids is 1. The highest BCUT2D eigenvalue weighted by molar-refractivity contribution is 5.93. The van der Waals surface area contributed by atoms with E-state index in [2.05, 4.69) is 20.6 Å². The number of nitrogens with zero attached hydrogens (tertiary/aromatic N) is 2. The van der Waals surface area contributed by atoms with Gasteiger partial charge in [-0.25, -0.2) is 14.4 Å². The van der Waals surface area contributed by atoms with Crippen molar-refractivity contribution in [2.24, 2.45) is 0 Å². The van der Waals surface area contributed by atoms with Crippen LogP contribution in [0, 0.1) is 12.7 Å². The van der Waals surface area contributed by atoms with Gasteiger partial charge in [0.15, 0.2) is 0 Å². The maximum absolute atomic E-state index is 13.0. The lowest BCUT2D eigenvalue weighted by Crippen LogP contribution is -2.27. The average Bonchev–Trinajstić information content (AvgIpc) is 2.70. The van der Waals surface area contributed by atoms with Crippen molar-refractivity contribution in [3.05, 3.63) is 77.5 Å². The molecule has 144 valence electrons. The molecule has 0 aliphatic carbocycles. The fourth-order valence-corrected chi connectivity index (χ4v) is 2.63. The highest BCUT2D eigenvalue weighted by Gasteiger charge is 2.10. The second-order valence-corrected chi connectivity index (χ2v) is 6.17. The van der Waals surface area contributed by atoms with Crippen molar-refractivity contribution in [3.63, 3.8) is 0 Å². The van der Waals surface area contributed by atoms with Crippen molar-refractivity contribution in [2.45, 2.75) is 13.3 Å². The zero-order chi connectivity index (χ0) is 19.9. The number of nitrogens with one attached hydrogen (secondary N) is 2. The second-order valence-electron chi connectivity index (χ2n) is 6.17. The van der Waals surface area contributed by atoms with Crippen molar-refractivity contribution in [2.75, 3.05) is 19.0 Å². The molecule has 28 heavy (non-hydrogen) atoms. The third-order valence-corrected chi connectivity index (χ3v) is 4.05. The van der Waals surface area contributed by atoms with Crippen LogP contribution in [0.2, 0.25) is 0 Å². The summed E-state index contributed by atoms with van der Waals surface area (Å²) in [5.41, 5.74) is 2.04. The van der Waals surface area contributed by atoms with Gasteiger partial charge in [-0.1, -0.05) is 12.1 Å². The normalized spacial score (nSPS) is 10.4. The number of amides is 1. The largest absolute Gasteiger partial charge is 0.497 e. The van der Waals surface area contributed by atoms with Crippen molar-refractivity contribution in [3.8, 4) is 5.75 Å². The number of aryl methyl sites for hydroxylation is 1. The van der Waals surface area contributed by atoms with Crippen LogP contribution in [-0.4, -0.2) is 29.5 Å². The summed E-state index contributed by atoms with van der Waals surface area (Å²) in [7, 11) is 1.62. The van der Waals surface area contributed by atoms with E-state index in [9.17, 15) is 9.18 Å². The second kappa shape index (κ2) is 8.94. The van der Waals surface area contributed by atoms with Gasteiger partial charge in [-0.2, -0.15) is 0 Å². The van der Waals surface area contributed by atoms with E-state index in [-0.39, 0.29) is 17.4 Å². The van der Waals surface area contributed by atoms with Gasteiger partial charge in [-0.3, -0.25) is 4.79 Å². The fraction of sp³-hybridized carbons (Fsp3) is 0.190. The van der Waals surface area contributed by atoms with E-state index in [1.807, 2.05) is 24.3 Å². The summed E-state index contributed by atoms with van der Waals surface area (Å²) in [6.45, 7) is 2.19. The predicted molar refractivity (Wildman–Crippen MR) is 105 cm³/mol. The number of hydrogen-bond acceptors (Lipinski definition) is 5. The van der Waals surface area contributed by atoms with Crippen LogP contribution in [-0.2, 0) is 6.42 Å². The zero-order valence-electron chi connectivity index (χ0n) is 15.7. The van der Waals surface area contributed by atoms with Gasteiger partial charge in [0, 0.05) is 18.3 Å². The Labute approximate surface area is 162 Å². The standard InChI is InChI=1S/C21H21FN4O2/c1-14-24-19(13-20(25-14)26-17-7-5-16(22)6-8-17)21(27)23-12-11-15-3-9-18(28-2)10-4-15/h3-10,13H,11-12H2,1-2H3,(H,23,27)(H,24,25,26). The number of rotatable bonds is 7. The molecule has 3 aromatic rings. The topological polar surface area (TPSA) is 76.1 Å². The van der Waals surface area contributed by atoms with E-state index in [4.69, 9.17) is 4.74 Å². The first-order valence-corrected chi connectivity index (χ1v) is 8.83. The number of aromatic nitrogens is 2. The summed E-state index contributed by atoms with van der Waals surface area (Å²) in [6.07, 6.45) is 0.695. The molecule has 0 unspecified atom stereocenters. The molecule has 0 saturated carbocycles. The Morgan fingerprint density at radius 2 is 1.79 bits per heavy atom. The van der Waals surface area contributed by atoms with Crippen LogP contribution in [0.3, 0.4) is 0 Å². The molecular weight excluding hydrogens is 359 g/mol. The maximum atomic E-state index is 13.0. The molecular formula is C21H21FN4O2. The number of halogens is 1. The Bertz CT molecular complexity index is 944. The minimum atomic E-state index is -0.318. The number of benzene rings is 2. The third kappa shape index (κ3) is 5.26. The van der Waals surface area contributed by atoms with E-state index < -0.39 is 0 Å². The molecule has 0 radical (unpaired) electrons. The number of hydrogen-bond donors (Lipinski definition) is 2. The summed E-state index contributed by atoms with van der Waals surface area (Å²) >= 11 is 0. The van der Waals surface area contributed by atoms with Crippen molar-refractivity contribution in [1.29, 1.82) is 0 Å². The smallest absolute Gasteiger partial charge is 0.270 e. The summed E-state index contributed by atoms with van der Waals surface area (Å²) in [6, 6.07) is 15.2. The molecule has 6 nitrogen and oxygen atoms in total. The van der Waals surface area contributed by atoms with Gasteiger partial charge >= 0.3 is 0 Å². The molecule has 2 N–H and O–H groups in total. The number of carbonyl (C=O) groups is 1. The number of anilines is 2. The van der Waals surface area contributed by atoms with Crippen LogP contribution in [0.25, 0.3) is 0 Å². The molecule has 1 aromatic heterocycles. The zero-order valence-corrected chi connectivity index (χ0v) is 15.7. The first-order chi connectivity index (χ1) is 13.5. The first kappa shape index (κ1) is 19.3. The molecule has 0 fully saturated rings. The lowest BCUT2D eigenvalue weighted by molar-refractivity contribution is 0.0949. The lowest BCUT2D eigenvalue weighted by atomic mass is 10.1. The minimum absolute atomic E-state index is 0.270. The summed E-state index contributed by atoms with van der Waals surface area (Å²) in [5, 5.41) is 5.91. The van der Waals surface area contributed by atoms with E-state index in [0.717, 1.165) is 11.3 Å². The molecule has 1 amide bonds. The molecule has 0 bridgehead atoms. The third-order valence-electron chi connectivity index (χ3n) is 4.05. The lowest BCUT2D eigenvalue weighted by Gasteiger charge is -2.09. The van der Waals surface area contributed by atoms with E-state index >= 15 is 0 Å². The number of ether oxygens (including phenoxy) is 1. The van der Waals surface area contributed by atoms with Gasteiger partial charge in [0.25, 0.3) is 5.91 Å². The van der Waals surface area contributed by atoms with Crippen molar-refractivity contribution in [1.82, 2.24) is 15.3 Å². The SMILES string of the molecule is COc1ccc(CCNC(=O)c2cc(Nc3ccc(F)cc3)nc(C)n2)cc1. The Kier molecular flexibility index (Phi) is 6.16. The first-order valence-electron chi connectivity index (χ1n) is 8.83. The monoisotopic (exact) mass is 380 g/mol. The minimum Gasteiger partial charge on any atom is -0.497 e. The van der Waals surface area contributed by atoms with Crippen molar-refractivity contribution >= 4 is 17.4 Å². The van der Waals surface area contributed by atoms with Crippen LogP contribution in [0.15, 0.2) is 54.6 Å².